The van der Waals surface area contributed by atoms with Crippen molar-refractivity contribution in [1.29, 1.82) is 0 Å². The van der Waals surface area contributed by atoms with E-state index in [2.05, 4.69) is 10.6 Å². The molecule has 1 saturated carbocycles. The van der Waals surface area contributed by atoms with Crippen LogP contribution in [0.3, 0.4) is 0 Å². The van der Waals surface area contributed by atoms with E-state index in [-0.39, 0.29) is 11.5 Å². The van der Waals surface area contributed by atoms with Gasteiger partial charge in [-0.3, -0.25) is 0 Å². The molecular formula is C18H23N3O2. The molecule has 122 valence electrons. The highest BCUT2D eigenvalue weighted by molar-refractivity contribution is 5.89. The largest absolute Gasteiger partial charge is 0.463 e. The fourth-order valence-corrected chi connectivity index (χ4v) is 3.11. The van der Waals surface area contributed by atoms with Gasteiger partial charge in [0, 0.05) is 13.1 Å². The highest BCUT2D eigenvalue weighted by Crippen LogP contribution is 2.39. The number of nitrogens with zero attached hydrogens (tertiary/aromatic N) is 2. The molecule has 2 aromatic rings. The first-order chi connectivity index (χ1) is 10.9. The quantitative estimate of drug-likeness (QED) is 0.696. The highest BCUT2D eigenvalue weighted by atomic mass is 16.5. The number of hydrogen-bond acceptors (Lipinski definition) is 4. The van der Waals surface area contributed by atoms with Gasteiger partial charge in [0.2, 0.25) is 0 Å². The van der Waals surface area contributed by atoms with Crippen LogP contribution in [-0.4, -0.2) is 22.1 Å². The summed E-state index contributed by atoms with van der Waals surface area (Å²) in [5.41, 5.74) is 10.2. The Morgan fingerprint density at radius 1 is 1.48 bits per heavy atom. The van der Waals surface area contributed by atoms with Crippen molar-refractivity contribution in [2.45, 2.75) is 38.6 Å². The number of esters is 1. The van der Waals surface area contributed by atoms with Crippen molar-refractivity contribution in [3.05, 3.63) is 35.2 Å². The van der Waals surface area contributed by atoms with E-state index < -0.39 is 0 Å². The second-order valence-corrected chi connectivity index (χ2v) is 6.29. The molecule has 0 spiro atoms. The molecule has 5 nitrogen and oxygen atoms in total. The molecule has 0 saturated heterocycles. The summed E-state index contributed by atoms with van der Waals surface area (Å²) < 4.78 is 7.00. The molecule has 0 bridgehead atoms. The molecule has 1 aliphatic rings. The predicted molar refractivity (Wildman–Crippen MR) is 90.8 cm³/mol. The lowest BCUT2D eigenvalue weighted by Gasteiger charge is -2.37. The fourth-order valence-electron chi connectivity index (χ4n) is 3.11. The van der Waals surface area contributed by atoms with Crippen LogP contribution in [0.1, 0.15) is 43.1 Å². The van der Waals surface area contributed by atoms with Crippen LogP contribution >= 0.6 is 0 Å². The molecule has 1 aromatic heterocycles. The lowest BCUT2D eigenvalue weighted by molar-refractivity contribution is -0.137. The van der Waals surface area contributed by atoms with Crippen LogP contribution in [0.4, 0.5) is 0 Å². The zero-order valence-electron chi connectivity index (χ0n) is 13.9. The van der Waals surface area contributed by atoms with Gasteiger partial charge in [0.1, 0.15) is 5.82 Å². The first-order valence-electron chi connectivity index (χ1n) is 8.06. The summed E-state index contributed by atoms with van der Waals surface area (Å²) in [6.07, 6.45) is 6.39. The molecule has 2 N–H and O–H groups in total. The molecule has 0 atom stereocenters. The van der Waals surface area contributed by atoms with Crippen molar-refractivity contribution in [2.75, 3.05) is 6.61 Å². The smallest absolute Gasteiger partial charge is 0.330 e. The van der Waals surface area contributed by atoms with Crippen molar-refractivity contribution in [3.63, 3.8) is 0 Å². The monoisotopic (exact) mass is 313 g/mol. The number of imidazole rings is 1. The van der Waals surface area contributed by atoms with Gasteiger partial charge in [-0.1, -0.05) is 0 Å². The van der Waals surface area contributed by atoms with Crippen molar-refractivity contribution < 1.29 is 9.53 Å². The zero-order valence-corrected chi connectivity index (χ0v) is 13.9. The number of rotatable bonds is 4. The summed E-state index contributed by atoms with van der Waals surface area (Å²) in [7, 11) is 2.01. The number of carbonyl (C=O) groups is 1. The molecule has 0 radical (unpaired) electrons. The minimum absolute atomic E-state index is 0.289. The molecule has 1 aliphatic carbocycles. The molecule has 0 amide bonds. The summed E-state index contributed by atoms with van der Waals surface area (Å²) in [4.78, 5) is 16.3. The fraction of sp³-hybridized carbons (Fsp3) is 0.444. The number of ether oxygens (including phenoxy) is 1. The van der Waals surface area contributed by atoms with Gasteiger partial charge in [-0.2, -0.15) is 0 Å². The second kappa shape index (κ2) is 5.81. The SMILES string of the molecule is CCOC(=O)/C=C/c1cc2c(cc1C)nc(C1(N)CCC1)n2C. The summed E-state index contributed by atoms with van der Waals surface area (Å²) in [5, 5.41) is 0. The molecule has 0 unspecified atom stereocenters. The van der Waals surface area contributed by atoms with Gasteiger partial charge in [-0.25, -0.2) is 9.78 Å². The van der Waals surface area contributed by atoms with Gasteiger partial charge in [-0.15, -0.1) is 0 Å². The first-order valence-corrected chi connectivity index (χ1v) is 8.06. The zero-order chi connectivity index (χ0) is 16.6. The van der Waals surface area contributed by atoms with Crippen molar-refractivity contribution >= 4 is 23.1 Å². The Bertz CT molecular complexity index is 785. The van der Waals surface area contributed by atoms with Gasteiger partial charge in [0.25, 0.3) is 0 Å². The van der Waals surface area contributed by atoms with Crippen LogP contribution in [0.2, 0.25) is 0 Å². The van der Waals surface area contributed by atoms with Crippen LogP contribution < -0.4 is 5.73 Å². The first kappa shape index (κ1) is 15.7. The standard InChI is InChI=1S/C18H23N3O2/c1-4-23-16(22)7-6-13-11-15-14(10-12(13)2)20-17(21(15)3)18(19)8-5-9-18/h6-7,10-11H,4-5,8-9,19H2,1-3H3/b7-6+. The van der Waals surface area contributed by atoms with Gasteiger partial charge < -0.3 is 15.0 Å². The Morgan fingerprint density at radius 3 is 2.83 bits per heavy atom. The van der Waals surface area contributed by atoms with E-state index >= 15 is 0 Å². The Kier molecular flexibility index (Phi) is 3.98. The Hall–Kier alpha value is -2.14. The number of fused-ring (bicyclic) bond motifs is 1. The van der Waals surface area contributed by atoms with Gasteiger partial charge in [0.15, 0.2) is 0 Å². The van der Waals surface area contributed by atoms with Crippen LogP contribution in [0.5, 0.6) is 0 Å². The van der Waals surface area contributed by atoms with E-state index in [0.717, 1.165) is 47.2 Å². The Labute approximate surface area is 136 Å². The third-order valence-corrected chi connectivity index (χ3v) is 4.65. The predicted octanol–water partition coefficient (Wildman–Crippen LogP) is 2.80. The second-order valence-electron chi connectivity index (χ2n) is 6.29. The van der Waals surface area contributed by atoms with E-state index in [1.54, 1.807) is 13.0 Å². The van der Waals surface area contributed by atoms with E-state index in [0.29, 0.717) is 6.61 Å². The van der Waals surface area contributed by atoms with E-state index in [4.69, 9.17) is 15.5 Å². The molecule has 1 heterocycles. The number of benzene rings is 1. The lowest BCUT2D eigenvalue weighted by atomic mass is 9.77. The van der Waals surface area contributed by atoms with Crippen molar-refractivity contribution in [3.8, 4) is 0 Å². The summed E-state index contributed by atoms with van der Waals surface area (Å²) >= 11 is 0. The summed E-state index contributed by atoms with van der Waals surface area (Å²) in [6, 6.07) is 4.10. The number of nitrogens with two attached hydrogens (primary N) is 1. The molecule has 23 heavy (non-hydrogen) atoms. The molecule has 0 aliphatic heterocycles. The lowest BCUT2D eigenvalue weighted by Crippen LogP contribution is -2.45. The Balaban J connectivity index is 2.00. The normalized spacial score (nSPS) is 16.7. The van der Waals surface area contributed by atoms with E-state index in [1.165, 1.54) is 6.08 Å². The maximum Gasteiger partial charge on any atom is 0.330 e. The Morgan fingerprint density at radius 2 is 2.22 bits per heavy atom. The third kappa shape index (κ3) is 2.77. The number of aromatic nitrogens is 2. The summed E-state index contributed by atoms with van der Waals surface area (Å²) in [5.74, 6) is 0.623. The average molecular weight is 313 g/mol. The topological polar surface area (TPSA) is 70.1 Å². The van der Waals surface area contributed by atoms with Gasteiger partial charge in [0.05, 0.1) is 23.2 Å². The molecule has 5 heteroatoms. The van der Waals surface area contributed by atoms with Gasteiger partial charge in [-0.05, 0) is 62.4 Å². The van der Waals surface area contributed by atoms with E-state index in [1.807, 2.05) is 20.0 Å². The summed E-state index contributed by atoms with van der Waals surface area (Å²) in [6.45, 7) is 4.19. The highest BCUT2D eigenvalue weighted by Gasteiger charge is 2.38. The molecule has 1 fully saturated rings. The van der Waals surface area contributed by atoms with E-state index in [9.17, 15) is 4.79 Å². The molecule has 1 aromatic carbocycles. The molecular weight excluding hydrogens is 290 g/mol. The van der Waals surface area contributed by atoms with Crippen molar-refractivity contribution in [1.82, 2.24) is 9.55 Å². The number of carbonyl (C=O) groups excluding carboxylic acids is 1. The third-order valence-electron chi connectivity index (χ3n) is 4.65. The average Bonchev–Trinajstić information content (AvgIpc) is 2.79. The minimum Gasteiger partial charge on any atom is -0.463 e. The van der Waals surface area contributed by atoms with Crippen LogP contribution in [0, 0.1) is 6.92 Å². The molecule has 3 rings (SSSR count). The van der Waals surface area contributed by atoms with Crippen LogP contribution in [0.25, 0.3) is 17.1 Å². The van der Waals surface area contributed by atoms with Crippen LogP contribution in [-0.2, 0) is 22.1 Å². The number of hydrogen-bond donors (Lipinski definition) is 1. The number of aryl methyl sites for hydroxylation is 2. The van der Waals surface area contributed by atoms with Crippen LogP contribution in [0.15, 0.2) is 18.2 Å². The minimum atomic E-state index is -0.326. The van der Waals surface area contributed by atoms with Crippen molar-refractivity contribution in [2.24, 2.45) is 12.8 Å². The maximum absolute atomic E-state index is 11.5. The van der Waals surface area contributed by atoms with Gasteiger partial charge >= 0.3 is 5.97 Å². The maximum atomic E-state index is 11.5.